The molecule has 1 heterocycles. The highest BCUT2D eigenvalue weighted by Gasteiger charge is 2.28. The van der Waals surface area contributed by atoms with Crippen molar-refractivity contribution < 1.29 is 8.42 Å². The van der Waals surface area contributed by atoms with Crippen molar-refractivity contribution in [2.24, 2.45) is 11.8 Å². The summed E-state index contributed by atoms with van der Waals surface area (Å²) in [6, 6.07) is 0. The zero-order valence-corrected chi connectivity index (χ0v) is 8.73. The van der Waals surface area contributed by atoms with Gasteiger partial charge in [0.25, 0.3) is 0 Å². The van der Waals surface area contributed by atoms with Crippen LogP contribution in [0.4, 0.5) is 0 Å². The Bertz CT molecular complexity index is 231. The molecule has 1 rings (SSSR count). The van der Waals surface area contributed by atoms with Gasteiger partial charge in [0.15, 0.2) is 9.84 Å². The van der Waals surface area contributed by atoms with Crippen LogP contribution >= 0.6 is 0 Å². The van der Waals surface area contributed by atoms with Crippen LogP contribution in [-0.2, 0) is 9.84 Å². The Morgan fingerprint density at radius 2 is 2.17 bits per heavy atom. The van der Waals surface area contributed by atoms with E-state index in [9.17, 15) is 8.42 Å². The lowest BCUT2D eigenvalue weighted by atomic mass is 9.94. The second kappa shape index (κ2) is 3.77. The van der Waals surface area contributed by atoms with Crippen molar-refractivity contribution in [3.05, 3.63) is 0 Å². The molecule has 0 spiro atoms. The second-order valence-corrected chi connectivity index (χ2v) is 6.25. The van der Waals surface area contributed by atoms with Gasteiger partial charge in [-0.25, -0.2) is 8.42 Å². The molecule has 2 unspecified atom stereocenters. The number of rotatable bonds is 3. The molecule has 0 N–H and O–H groups in total. The van der Waals surface area contributed by atoms with Gasteiger partial charge in [-0.15, -0.1) is 0 Å². The van der Waals surface area contributed by atoms with Gasteiger partial charge in [0.1, 0.15) is 0 Å². The first-order valence-corrected chi connectivity index (χ1v) is 6.56. The molecule has 0 saturated carbocycles. The summed E-state index contributed by atoms with van der Waals surface area (Å²) in [5.41, 5.74) is 0. The summed E-state index contributed by atoms with van der Waals surface area (Å²) in [6.45, 7) is 4.36. The molecule has 1 aliphatic rings. The lowest BCUT2D eigenvalue weighted by molar-refractivity contribution is 0.411. The Morgan fingerprint density at radius 1 is 1.50 bits per heavy atom. The van der Waals surface area contributed by atoms with Crippen LogP contribution in [0.2, 0.25) is 0 Å². The van der Waals surface area contributed by atoms with E-state index in [1.165, 1.54) is 0 Å². The summed E-state index contributed by atoms with van der Waals surface area (Å²) in [6.07, 6.45) is 3.15. The minimum atomic E-state index is -2.65. The summed E-state index contributed by atoms with van der Waals surface area (Å²) >= 11 is 0. The van der Waals surface area contributed by atoms with Crippen LogP contribution in [0.25, 0.3) is 0 Å². The molecule has 0 aromatic rings. The largest absolute Gasteiger partial charge is 0.229 e. The van der Waals surface area contributed by atoms with E-state index in [0.29, 0.717) is 23.3 Å². The highest BCUT2D eigenvalue weighted by Crippen LogP contribution is 2.25. The van der Waals surface area contributed by atoms with E-state index in [1.807, 2.05) is 0 Å². The standard InChI is InChI=1S/C9H18O2S/c1-3-8(2)6-9-4-5-12(10,11)7-9/h8-9H,3-7H2,1-2H3. The van der Waals surface area contributed by atoms with E-state index in [1.54, 1.807) is 0 Å². The van der Waals surface area contributed by atoms with E-state index in [0.717, 1.165) is 19.3 Å². The van der Waals surface area contributed by atoms with Gasteiger partial charge in [0.2, 0.25) is 0 Å². The van der Waals surface area contributed by atoms with Gasteiger partial charge < -0.3 is 0 Å². The maximum atomic E-state index is 11.1. The fraction of sp³-hybridized carbons (Fsp3) is 1.00. The van der Waals surface area contributed by atoms with E-state index >= 15 is 0 Å². The summed E-state index contributed by atoms with van der Waals surface area (Å²) in [7, 11) is -2.65. The lowest BCUT2D eigenvalue weighted by Crippen LogP contribution is -2.08. The molecule has 0 radical (unpaired) electrons. The molecule has 1 fully saturated rings. The fourth-order valence-corrected chi connectivity index (χ4v) is 3.67. The summed E-state index contributed by atoms with van der Waals surface area (Å²) in [5, 5.41) is 0. The van der Waals surface area contributed by atoms with E-state index in [4.69, 9.17) is 0 Å². The van der Waals surface area contributed by atoms with Gasteiger partial charge in [0, 0.05) is 0 Å². The van der Waals surface area contributed by atoms with Crippen LogP contribution in [0.15, 0.2) is 0 Å². The molecule has 1 saturated heterocycles. The molecule has 2 nitrogen and oxygen atoms in total. The first kappa shape index (κ1) is 10.0. The number of hydrogen-bond donors (Lipinski definition) is 0. The average Bonchev–Trinajstić information content (AvgIpc) is 2.30. The van der Waals surface area contributed by atoms with Gasteiger partial charge in [-0.3, -0.25) is 0 Å². The molecule has 1 aliphatic heterocycles. The normalized spacial score (nSPS) is 30.3. The van der Waals surface area contributed by atoms with Crippen molar-refractivity contribution in [1.29, 1.82) is 0 Å². The van der Waals surface area contributed by atoms with Crippen molar-refractivity contribution in [1.82, 2.24) is 0 Å². The van der Waals surface area contributed by atoms with Crippen LogP contribution in [0.5, 0.6) is 0 Å². The minimum Gasteiger partial charge on any atom is -0.229 e. The third kappa shape index (κ3) is 2.77. The highest BCUT2D eigenvalue weighted by atomic mass is 32.2. The zero-order valence-electron chi connectivity index (χ0n) is 7.91. The van der Waals surface area contributed by atoms with Crippen LogP contribution in [0.3, 0.4) is 0 Å². The highest BCUT2D eigenvalue weighted by molar-refractivity contribution is 7.91. The lowest BCUT2D eigenvalue weighted by Gasteiger charge is -2.12. The number of hydrogen-bond acceptors (Lipinski definition) is 2. The summed E-state index contributed by atoms with van der Waals surface area (Å²) in [4.78, 5) is 0. The van der Waals surface area contributed by atoms with Crippen LogP contribution in [-0.4, -0.2) is 19.9 Å². The summed E-state index contributed by atoms with van der Waals surface area (Å²) in [5.74, 6) is 2.00. The van der Waals surface area contributed by atoms with Gasteiger partial charge in [-0.05, 0) is 24.7 Å². The van der Waals surface area contributed by atoms with Crippen molar-refractivity contribution >= 4 is 9.84 Å². The Kier molecular flexibility index (Phi) is 3.16. The minimum absolute atomic E-state index is 0.425. The Hall–Kier alpha value is -0.0500. The topological polar surface area (TPSA) is 34.1 Å². The predicted molar refractivity (Wildman–Crippen MR) is 50.8 cm³/mol. The molecule has 3 heteroatoms. The monoisotopic (exact) mass is 190 g/mol. The molecule has 0 aromatic carbocycles. The SMILES string of the molecule is CCC(C)CC1CCS(=O)(=O)C1. The molecule has 0 aromatic heterocycles. The van der Waals surface area contributed by atoms with E-state index < -0.39 is 9.84 Å². The zero-order chi connectivity index (χ0) is 9.19. The third-order valence-electron chi connectivity index (χ3n) is 2.76. The smallest absolute Gasteiger partial charge is 0.150 e. The fourth-order valence-electron chi connectivity index (χ4n) is 1.79. The molecule has 0 amide bonds. The molecule has 2 atom stereocenters. The van der Waals surface area contributed by atoms with Crippen molar-refractivity contribution in [2.45, 2.75) is 33.1 Å². The number of sulfone groups is 1. The Labute approximate surface area is 75.3 Å². The molecule has 72 valence electrons. The van der Waals surface area contributed by atoms with Crippen molar-refractivity contribution in [2.75, 3.05) is 11.5 Å². The van der Waals surface area contributed by atoms with Crippen molar-refractivity contribution in [3.8, 4) is 0 Å². The summed E-state index contributed by atoms with van der Waals surface area (Å²) < 4.78 is 22.2. The molecule has 0 aliphatic carbocycles. The van der Waals surface area contributed by atoms with Gasteiger partial charge in [0.05, 0.1) is 11.5 Å². The van der Waals surface area contributed by atoms with Crippen LogP contribution < -0.4 is 0 Å². The molecular formula is C9H18O2S. The predicted octanol–water partition coefficient (Wildman–Crippen LogP) is 1.86. The Balaban J connectivity index is 2.38. The van der Waals surface area contributed by atoms with Crippen LogP contribution in [0.1, 0.15) is 33.1 Å². The maximum absolute atomic E-state index is 11.1. The van der Waals surface area contributed by atoms with Gasteiger partial charge in [-0.1, -0.05) is 20.3 Å². The third-order valence-corrected chi connectivity index (χ3v) is 4.60. The average molecular weight is 190 g/mol. The quantitative estimate of drug-likeness (QED) is 0.680. The van der Waals surface area contributed by atoms with E-state index in [2.05, 4.69) is 13.8 Å². The van der Waals surface area contributed by atoms with Crippen molar-refractivity contribution in [3.63, 3.8) is 0 Å². The van der Waals surface area contributed by atoms with Gasteiger partial charge in [-0.2, -0.15) is 0 Å². The molecular weight excluding hydrogens is 172 g/mol. The first-order valence-electron chi connectivity index (χ1n) is 4.74. The maximum Gasteiger partial charge on any atom is 0.150 e. The second-order valence-electron chi connectivity index (χ2n) is 4.02. The van der Waals surface area contributed by atoms with Crippen LogP contribution in [0, 0.1) is 11.8 Å². The van der Waals surface area contributed by atoms with Gasteiger partial charge >= 0.3 is 0 Å². The Morgan fingerprint density at radius 3 is 2.58 bits per heavy atom. The van der Waals surface area contributed by atoms with E-state index in [-0.39, 0.29) is 0 Å². The molecule has 0 bridgehead atoms. The first-order chi connectivity index (χ1) is 5.53. The molecule has 12 heavy (non-hydrogen) atoms.